The number of aromatic carboxylic acids is 1. The van der Waals surface area contributed by atoms with Crippen LogP contribution >= 0.6 is 27.3 Å². The van der Waals surface area contributed by atoms with Crippen LogP contribution in [0, 0.1) is 0 Å². The number of aromatic nitrogens is 1. The van der Waals surface area contributed by atoms with Crippen molar-refractivity contribution in [2.75, 3.05) is 0 Å². The molecule has 0 saturated carbocycles. The minimum Gasteiger partial charge on any atom is -0.476 e. The molecule has 0 fully saturated rings. The molecule has 0 aliphatic heterocycles. The Labute approximate surface area is 75.5 Å². The average Bonchev–Trinajstić information content (AvgIpc) is 2.37. The molecule has 5 heteroatoms. The molecule has 11 heavy (non-hydrogen) atoms. The van der Waals surface area contributed by atoms with Gasteiger partial charge in [0.25, 0.3) is 0 Å². The van der Waals surface area contributed by atoms with Gasteiger partial charge in [-0.1, -0.05) is 15.9 Å². The van der Waals surface area contributed by atoms with E-state index in [1.165, 1.54) is 16.7 Å². The van der Waals surface area contributed by atoms with Gasteiger partial charge >= 0.3 is 5.97 Å². The van der Waals surface area contributed by atoms with E-state index in [4.69, 9.17) is 5.11 Å². The average molecular weight is 234 g/mol. The molecule has 0 spiro atoms. The van der Waals surface area contributed by atoms with Crippen molar-refractivity contribution < 1.29 is 9.90 Å². The van der Waals surface area contributed by atoms with E-state index >= 15 is 0 Å². The van der Waals surface area contributed by atoms with Gasteiger partial charge < -0.3 is 5.11 Å². The maximum absolute atomic E-state index is 10.3. The van der Waals surface area contributed by atoms with Gasteiger partial charge in [0.1, 0.15) is 5.01 Å². The SMILES string of the molecule is O=C(O)c1csc(C=CBr)n1. The molecule has 0 radical (unpaired) electrons. The largest absolute Gasteiger partial charge is 0.476 e. The smallest absolute Gasteiger partial charge is 0.355 e. The zero-order valence-electron chi connectivity index (χ0n) is 5.32. The van der Waals surface area contributed by atoms with Gasteiger partial charge in [0.2, 0.25) is 0 Å². The zero-order chi connectivity index (χ0) is 8.27. The summed E-state index contributed by atoms with van der Waals surface area (Å²) in [5.41, 5.74) is 0.0931. The number of carboxylic acid groups (broad SMARTS) is 1. The van der Waals surface area contributed by atoms with Crippen LogP contribution in [0.1, 0.15) is 15.5 Å². The Bertz CT molecular complexity index is 295. The minimum atomic E-state index is -0.990. The maximum Gasteiger partial charge on any atom is 0.355 e. The van der Waals surface area contributed by atoms with E-state index < -0.39 is 5.97 Å². The van der Waals surface area contributed by atoms with E-state index in [9.17, 15) is 4.79 Å². The molecule has 1 aromatic rings. The first-order valence-electron chi connectivity index (χ1n) is 2.69. The predicted octanol–water partition coefficient (Wildman–Crippen LogP) is 2.21. The second-order valence-electron chi connectivity index (χ2n) is 1.67. The molecule has 0 amide bonds. The lowest BCUT2D eigenvalue weighted by molar-refractivity contribution is 0.0691. The van der Waals surface area contributed by atoms with Crippen molar-refractivity contribution in [3.8, 4) is 0 Å². The lowest BCUT2D eigenvalue weighted by Gasteiger charge is -1.80. The summed E-state index contributed by atoms with van der Waals surface area (Å²) in [7, 11) is 0. The van der Waals surface area contributed by atoms with Gasteiger partial charge in [-0.3, -0.25) is 0 Å². The van der Waals surface area contributed by atoms with Gasteiger partial charge in [0.05, 0.1) is 0 Å². The van der Waals surface area contributed by atoms with E-state index in [1.807, 2.05) is 0 Å². The fourth-order valence-corrected chi connectivity index (χ4v) is 1.63. The van der Waals surface area contributed by atoms with Gasteiger partial charge in [0.15, 0.2) is 5.69 Å². The van der Waals surface area contributed by atoms with Crippen molar-refractivity contribution in [2.45, 2.75) is 0 Å². The summed E-state index contributed by atoms with van der Waals surface area (Å²) in [6.45, 7) is 0. The van der Waals surface area contributed by atoms with E-state index in [0.717, 1.165) is 0 Å². The second kappa shape index (κ2) is 3.64. The predicted molar refractivity (Wildman–Crippen MR) is 47.0 cm³/mol. The molecule has 58 valence electrons. The molecule has 3 nitrogen and oxygen atoms in total. The summed E-state index contributed by atoms with van der Waals surface area (Å²) in [6, 6.07) is 0. The Kier molecular flexibility index (Phi) is 2.78. The van der Waals surface area contributed by atoms with Crippen molar-refractivity contribution in [3.63, 3.8) is 0 Å². The quantitative estimate of drug-likeness (QED) is 0.853. The van der Waals surface area contributed by atoms with Crippen LogP contribution in [0.2, 0.25) is 0 Å². The number of carboxylic acids is 1. The topological polar surface area (TPSA) is 50.2 Å². The second-order valence-corrected chi connectivity index (χ2v) is 3.09. The van der Waals surface area contributed by atoms with Crippen molar-refractivity contribution in [1.29, 1.82) is 0 Å². The van der Waals surface area contributed by atoms with Gasteiger partial charge in [0, 0.05) is 5.38 Å². The van der Waals surface area contributed by atoms with Gasteiger partial charge in [-0.15, -0.1) is 11.3 Å². The fourth-order valence-electron chi connectivity index (χ4n) is 0.516. The van der Waals surface area contributed by atoms with Gasteiger partial charge in [-0.05, 0) is 11.1 Å². The van der Waals surface area contributed by atoms with Crippen molar-refractivity contribution >= 4 is 39.3 Å². The Morgan fingerprint density at radius 3 is 3.00 bits per heavy atom. The Morgan fingerprint density at radius 1 is 1.82 bits per heavy atom. The molecule has 0 atom stereocenters. The van der Waals surface area contributed by atoms with E-state index in [2.05, 4.69) is 20.9 Å². The van der Waals surface area contributed by atoms with Crippen molar-refractivity contribution in [3.05, 3.63) is 21.1 Å². The highest BCUT2D eigenvalue weighted by molar-refractivity contribution is 9.11. The number of rotatable bonds is 2. The van der Waals surface area contributed by atoms with E-state index in [-0.39, 0.29) is 5.69 Å². The van der Waals surface area contributed by atoms with Crippen LogP contribution in [0.15, 0.2) is 10.4 Å². The molecule has 1 rings (SSSR count). The summed E-state index contributed by atoms with van der Waals surface area (Å²) in [4.78, 5) is 15.8. The van der Waals surface area contributed by atoms with E-state index in [0.29, 0.717) is 5.01 Å². The molecule has 0 aliphatic carbocycles. The Balaban J connectivity index is 2.90. The third-order valence-electron chi connectivity index (χ3n) is 0.947. The maximum atomic E-state index is 10.3. The van der Waals surface area contributed by atoms with Crippen LogP contribution in [0.25, 0.3) is 6.08 Å². The first-order valence-corrected chi connectivity index (χ1v) is 4.49. The van der Waals surface area contributed by atoms with Gasteiger partial charge in [-0.25, -0.2) is 9.78 Å². The highest BCUT2D eigenvalue weighted by Crippen LogP contribution is 2.11. The molecule has 1 aromatic heterocycles. The number of nitrogens with zero attached hydrogens (tertiary/aromatic N) is 1. The van der Waals surface area contributed by atoms with Crippen LogP contribution < -0.4 is 0 Å². The van der Waals surface area contributed by atoms with Crippen LogP contribution in [0.4, 0.5) is 0 Å². The molecule has 1 N–H and O–H groups in total. The highest BCUT2D eigenvalue weighted by atomic mass is 79.9. The van der Waals surface area contributed by atoms with Crippen LogP contribution in [-0.2, 0) is 0 Å². The van der Waals surface area contributed by atoms with Crippen molar-refractivity contribution in [1.82, 2.24) is 4.98 Å². The molecule has 0 saturated heterocycles. The Hall–Kier alpha value is -0.680. The number of hydrogen-bond donors (Lipinski definition) is 1. The summed E-state index contributed by atoms with van der Waals surface area (Å²) in [5, 5.41) is 10.7. The van der Waals surface area contributed by atoms with Gasteiger partial charge in [-0.2, -0.15) is 0 Å². The molecule has 1 heterocycles. The molecule has 0 aliphatic rings. The number of halogens is 1. The van der Waals surface area contributed by atoms with E-state index in [1.54, 1.807) is 11.1 Å². The third kappa shape index (κ3) is 2.13. The zero-order valence-corrected chi connectivity index (χ0v) is 7.72. The lowest BCUT2D eigenvalue weighted by Crippen LogP contribution is -1.95. The summed E-state index contributed by atoms with van der Waals surface area (Å²) in [6.07, 6.45) is 1.69. The minimum absolute atomic E-state index is 0.0931. The molecular formula is C6H4BrNO2S. The molecule has 0 aromatic carbocycles. The molecule has 0 unspecified atom stereocenters. The summed E-state index contributed by atoms with van der Waals surface area (Å²) < 4.78 is 0. The standard InChI is InChI=1S/C6H4BrNO2S/c7-2-1-5-8-4(3-11-5)6(9)10/h1-3H,(H,9,10). The Morgan fingerprint density at radius 2 is 2.55 bits per heavy atom. The monoisotopic (exact) mass is 233 g/mol. The molecular weight excluding hydrogens is 230 g/mol. The number of carbonyl (C=O) groups is 1. The lowest BCUT2D eigenvalue weighted by atomic mass is 10.5. The summed E-state index contributed by atoms with van der Waals surface area (Å²) in [5.74, 6) is -0.990. The first kappa shape index (κ1) is 8.42. The normalized spacial score (nSPS) is 10.6. The van der Waals surface area contributed by atoms with Crippen LogP contribution in [0.5, 0.6) is 0 Å². The highest BCUT2D eigenvalue weighted by Gasteiger charge is 2.05. The number of thiazole rings is 1. The first-order chi connectivity index (χ1) is 5.24. The van der Waals surface area contributed by atoms with Crippen LogP contribution in [0.3, 0.4) is 0 Å². The molecule has 0 bridgehead atoms. The third-order valence-corrected chi connectivity index (χ3v) is 2.02. The van der Waals surface area contributed by atoms with Crippen LogP contribution in [-0.4, -0.2) is 16.1 Å². The summed E-state index contributed by atoms with van der Waals surface area (Å²) >= 11 is 4.36. The fraction of sp³-hybridized carbons (Fsp3) is 0. The number of hydrogen-bond acceptors (Lipinski definition) is 3. The van der Waals surface area contributed by atoms with Crippen molar-refractivity contribution in [2.24, 2.45) is 0 Å².